The molecule has 2 aromatic rings. The lowest BCUT2D eigenvalue weighted by Crippen LogP contribution is -2.56. The van der Waals surface area contributed by atoms with Gasteiger partial charge in [0.05, 0.1) is 5.41 Å². The van der Waals surface area contributed by atoms with E-state index in [1.807, 2.05) is 35.4 Å². The molecule has 2 aliphatic rings. The summed E-state index contributed by atoms with van der Waals surface area (Å²) in [5.41, 5.74) is 2.47. The highest BCUT2D eigenvalue weighted by atomic mass is 16.5. The molecule has 0 spiro atoms. The van der Waals surface area contributed by atoms with Gasteiger partial charge in [0.2, 0.25) is 5.91 Å². The topological polar surface area (TPSA) is 71.5 Å². The second-order valence-corrected chi connectivity index (χ2v) is 9.07. The number of likely N-dealkylation sites (tertiary alicyclic amines) is 1. The summed E-state index contributed by atoms with van der Waals surface area (Å²) >= 11 is 0. The molecule has 2 saturated heterocycles. The average Bonchev–Trinajstić information content (AvgIpc) is 2.88. The molecule has 0 aliphatic carbocycles. The Kier molecular flexibility index (Phi) is 7.55. The lowest BCUT2D eigenvalue weighted by atomic mass is 9.73. The first-order chi connectivity index (χ1) is 16.1. The molecule has 6 nitrogen and oxygen atoms in total. The van der Waals surface area contributed by atoms with E-state index in [1.165, 1.54) is 0 Å². The van der Waals surface area contributed by atoms with Gasteiger partial charge in [0.1, 0.15) is 6.10 Å². The van der Waals surface area contributed by atoms with E-state index >= 15 is 0 Å². The summed E-state index contributed by atoms with van der Waals surface area (Å²) in [7, 11) is 0. The number of amides is 2. The van der Waals surface area contributed by atoms with Crippen molar-refractivity contribution in [3.05, 3.63) is 67.0 Å². The van der Waals surface area contributed by atoms with Crippen LogP contribution in [0.15, 0.2) is 61.4 Å². The molecule has 0 bridgehead atoms. The second kappa shape index (κ2) is 10.8. The predicted molar refractivity (Wildman–Crippen MR) is 128 cm³/mol. The molecule has 2 amide bonds. The van der Waals surface area contributed by atoms with E-state index < -0.39 is 5.41 Å². The van der Waals surface area contributed by atoms with Crippen molar-refractivity contribution in [2.75, 3.05) is 26.2 Å². The number of aromatic nitrogens is 1. The van der Waals surface area contributed by atoms with Crippen LogP contribution in [0.4, 0.5) is 0 Å². The summed E-state index contributed by atoms with van der Waals surface area (Å²) in [6.45, 7) is 5.84. The van der Waals surface area contributed by atoms with E-state index in [0.717, 1.165) is 48.8 Å². The minimum atomic E-state index is -0.704. The minimum Gasteiger partial charge on any atom is -0.368 e. The van der Waals surface area contributed by atoms with Crippen molar-refractivity contribution < 1.29 is 14.3 Å². The van der Waals surface area contributed by atoms with Crippen LogP contribution in [-0.2, 0) is 20.7 Å². The van der Waals surface area contributed by atoms with Crippen LogP contribution >= 0.6 is 0 Å². The Balaban J connectivity index is 1.64. The molecule has 2 atom stereocenters. The van der Waals surface area contributed by atoms with Gasteiger partial charge in [-0.3, -0.25) is 14.6 Å². The Morgan fingerprint density at radius 3 is 2.85 bits per heavy atom. The molecule has 1 N–H and O–H groups in total. The third-order valence-electron chi connectivity index (χ3n) is 6.75. The largest absolute Gasteiger partial charge is 0.368 e. The highest BCUT2D eigenvalue weighted by Gasteiger charge is 2.44. The van der Waals surface area contributed by atoms with E-state index in [-0.39, 0.29) is 17.9 Å². The first kappa shape index (κ1) is 23.2. The number of benzene rings is 1. The summed E-state index contributed by atoms with van der Waals surface area (Å²) in [5, 5.41) is 3.02. The molecule has 4 rings (SSSR count). The maximum Gasteiger partial charge on any atom is 0.251 e. The van der Waals surface area contributed by atoms with Crippen LogP contribution < -0.4 is 5.32 Å². The molecule has 0 saturated carbocycles. The van der Waals surface area contributed by atoms with Gasteiger partial charge >= 0.3 is 0 Å². The number of hydrogen-bond acceptors (Lipinski definition) is 4. The maximum absolute atomic E-state index is 13.5. The Labute approximate surface area is 196 Å². The van der Waals surface area contributed by atoms with Crippen molar-refractivity contribution in [2.24, 2.45) is 5.41 Å². The summed E-state index contributed by atoms with van der Waals surface area (Å²) in [6.07, 6.45) is 9.75. The first-order valence-electron chi connectivity index (χ1n) is 11.9. The summed E-state index contributed by atoms with van der Waals surface area (Å²) in [4.78, 5) is 32.9. The zero-order valence-electron chi connectivity index (χ0n) is 19.2. The molecular formula is C27H33N3O3. The number of nitrogens with one attached hydrogen (secondary N) is 1. The van der Waals surface area contributed by atoms with Crippen LogP contribution in [0.25, 0.3) is 11.1 Å². The van der Waals surface area contributed by atoms with E-state index in [1.54, 1.807) is 12.3 Å². The molecule has 6 heteroatoms. The van der Waals surface area contributed by atoms with Crippen molar-refractivity contribution in [1.82, 2.24) is 15.2 Å². The standard InChI is InChI=1S/C27H33N3O3/c1-2-14-29-26(32)27(13-8-16-30(20-27)25(31)24-12-5-6-17-33-24)18-21-9-3-4-11-23(21)22-10-7-15-28-19-22/h2-4,7,9-11,15,19,24H,1,5-6,8,12-14,16-18,20H2,(H,29,32)/t24-,27+/m1/s1. The van der Waals surface area contributed by atoms with Crippen molar-refractivity contribution in [2.45, 2.75) is 44.6 Å². The molecule has 1 aromatic heterocycles. The smallest absolute Gasteiger partial charge is 0.251 e. The SMILES string of the molecule is C=CCNC(=O)[C@]1(Cc2ccccc2-c2cccnc2)CCCN(C(=O)[C@H]2CCCCO2)C1. The number of ether oxygens (including phenoxy) is 1. The molecule has 0 radical (unpaired) electrons. The number of hydrogen-bond donors (Lipinski definition) is 1. The van der Waals surface area contributed by atoms with Crippen LogP contribution in [0.5, 0.6) is 0 Å². The number of carbonyl (C=O) groups is 2. The van der Waals surface area contributed by atoms with Crippen molar-refractivity contribution in [3.63, 3.8) is 0 Å². The third kappa shape index (κ3) is 5.33. The normalized spacial score (nSPS) is 23.0. The lowest BCUT2D eigenvalue weighted by molar-refractivity contribution is -0.152. The van der Waals surface area contributed by atoms with Gasteiger partial charge in [0.25, 0.3) is 5.91 Å². The van der Waals surface area contributed by atoms with Gasteiger partial charge in [-0.15, -0.1) is 6.58 Å². The Morgan fingerprint density at radius 1 is 1.21 bits per heavy atom. The molecule has 2 aliphatic heterocycles. The van der Waals surface area contributed by atoms with Crippen LogP contribution in [0, 0.1) is 5.41 Å². The molecule has 1 aromatic carbocycles. The number of nitrogens with zero attached hydrogens (tertiary/aromatic N) is 2. The van der Waals surface area contributed by atoms with Gasteiger partial charge in [-0.1, -0.05) is 36.4 Å². The van der Waals surface area contributed by atoms with Crippen molar-refractivity contribution in [3.8, 4) is 11.1 Å². The average molecular weight is 448 g/mol. The summed E-state index contributed by atoms with van der Waals surface area (Å²) in [5.74, 6) is 0.00120. The Hall–Kier alpha value is -2.99. The third-order valence-corrected chi connectivity index (χ3v) is 6.75. The summed E-state index contributed by atoms with van der Waals surface area (Å²) in [6, 6.07) is 12.1. The van der Waals surface area contributed by atoms with E-state index in [2.05, 4.69) is 29.0 Å². The van der Waals surface area contributed by atoms with Crippen LogP contribution in [0.3, 0.4) is 0 Å². The second-order valence-electron chi connectivity index (χ2n) is 9.07. The number of piperidine rings is 1. The maximum atomic E-state index is 13.5. The Morgan fingerprint density at radius 2 is 2.09 bits per heavy atom. The number of rotatable bonds is 7. The zero-order chi connectivity index (χ0) is 23.1. The van der Waals surface area contributed by atoms with Gasteiger partial charge in [-0.05, 0) is 55.7 Å². The van der Waals surface area contributed by atoms with Gasteiger partial charge < -0.3 is 15.0 Å². The van der Waals surface area contributed by atoms with Gasteiger partial charge in [0.15, 0.2) is 0 Å². The van der Waals surface area contributed by atoms with E-state index in [9.17, 15) is 9.59 Å². The predicted octanol–water partition coefficient (Wildman–Crippen LogP) is 3.77. The fraction of sp³-hybridized carbons (Fsp3) is 0.444. The molecular weight excluding hydrogens is 414 g/mol. The van der Waals surface area contributed by atoms with Crippen molar-refractivity contribution in [1.29, 1.82) is 0 Å². The van der Waals surface area contributed by atoms with Gasteiger partial charge in [0, 0.05) is 44.2 Å². The summed E-state index contributed by atoms with van der Waals surface area (Å²) < 4.78 is 5.77. The minimum absolute atomic E-state index is 0.0227. The van der Waals surface area contributed by atoms with Crippen molar-refractivity contribution >= 4 is 11.8 Å². The highest BCUT2D eigenvalue weighted by Crippen LogP contribution is 2.37. The molecule has 174 valence electrons. The molecule has 2 fully saturated rings. The Bertz CT molecular complexity index is 972. The van der Waals surface area contributed by atoms with E-state index in [0.29, 0.717) is 32.7 Å². The van der Waals surface area contributed by atoms with Crippen LogP contribution in [0.1, 0.15) is 37.7 Å². The molecule has 0 unspecified atom stereocenters. The monoisotopic (exact) mass is 447 g/mol. The number of pyridine rings is 1. The fourth-order valence-electron chi connectivity index (χ4n) is 5.06. The molecule has 3 heterocycles. The number of carbonyl (C=O) groups excluding carboxylic acids is 2. The van der Waals surface area contributed by atoms with Gasteiger partial charge in [-0.2, -0.15) is 0 Å². The van der Waals surface area contributed by atoms with Crippen LogP contribution in [0.2, 0.25) is 0 Å². The first-order valence-corrected chi connectivity index (χ1v) is 11.9. The van der Waals surface area contributed by atoms with E-state index in [4.69, 9.17) is 4.74 Å². The quantitative estimate of drug-likeness (QED) is 0.656. The van der Waals surface area contributed by atoms with Gasteiger partial charge in [-0.25, -0.2) is 0 Å². The molecule has 33 heavy (non-hydrogen) atoms. The fourth-order valence-corrected chi connectivity index (χ4v) is 5.06. The highest BCUT2D eigenvalue weighted by molar-refractivity contribution is 5.86. The zero-order valence-corrected chi connectivity index (χ0v) is 19.2. The lowest BCUT2D eigenvalue weighted by Gasteiger charge is -2.43. The van der Waals surface area contributed by atoms with Crippen LogP contribution in [-0.4, -0.2) is 54.0 Å².